The third kappa shape index (κ3) is 3.47. The van der Waals surface area contributed by atoms with Crippen molar-refractivity contribution in [1.82, 2.24) is 10.2 Å². The molecule has 1 aromatic carbocycles. The third-order valence-corrected chi connectivity index (χ3v) is 2.40. The largest absolute Gasteiger partial charge is 0.358 e. The van der Waals surface area contributed by atoms with Crippen LogP contribution in [0.3, 0.4) is 0 Å². The van der Waals surface area contributed by atoms with Gasteiger partial charge in [-0.15, -0.1) is 0 Å². The Morgan fingerprint density at radius 1 is 1.47 bits per heavy atom. The number of benzene rings is 1. The number of likely N-dealkylation sites (N-methyl/N-ethyl adjacent to an activating group) is 2. The van der Waals surface area contributed by atoms with E-state index in [1.165, 1.54) is 14.1 Å². The smallest absolute Gasteiger partial charge is 0.270 e. The predicted molar refractivity (Wildman–Crippen MR) is 64.1 cm³/mol. The fraction of sp³-hybridized carbons (Fsp3) is 0.273. The number of non-ortho nitro benzene ring substituents is 1. The Bertz CT molecular complexity index is 533. The summed E-state index contributed by atoms with van der Waals surface area (Å²) in [4.78, 5) is 33.8. The van der Waals surface area contributed by atoms with Crippen molar-refractivity contribution in [3.8, 4) is 0 Å². The second-order valence-corrected chi connectivity index (χ2v) is 3.76. The van der Waals surface area contributed by atoms with Crippen molar-refractivity contribution in [2.75, 3.05) is 20.6 Å². The van der Waals surface area contributed by atoms with E-state index in [0.717, 1.165) is 23.1 Å². The van der Waals surface area contributed by atoms with E-state index in [1.807, 2.05) is 0 Å². The number of hydrogen-bond acceptors (Lipinski definition) is 4. The zero-order valence-corrected chi connectivity index (χ0v) is 10.3. The van der Waals surface area contributed by atoms with Crippen molar-refractivity contribution in [1.29, 1.82) is 0 Å². The van der Waals surface area contributed by atoms with Gasteiger partial charge < -0.3 is 10.2 Å². The normalized spacial score (nSPS) is 9.84. The Morgan fingerprint density at radius 3 is 2.63 bits per heavy atom. The number of nitrogens with one attached hydrogen (secondary N) is 1. The highest BCUT2D eigenvalue weighted by Gasteiger charge is 2.21. The Hall–Kier alpha value is -2.51. The number of halogens is 1. The number of carbonyl (C=O) groups excluding carboxylic acids is 2. The summed E-state index contributed by atoms with van der Waals surface area (Å²) in [5.41, 5.74) is -0.835. The standard InChI is InChI=1S/C11H12FN3O4/c1-13-10(16)6-14(2)11(17)8-5-7(15(18)19)3-4-9(8)12/h3-5H,6H2,1-2H3,(H,13,16). The van der Waals surface area contributed by atoms with Crippen LogP contribution in [0.2, 0.25) is 0 Å². The molecule has 0 fully saturated rings. The van der Waals surface area contributed by atoms with Crippen LogP contribution in [-0.4, -0.2) is 42.3 Å². The van der Waals surface area contributed by atoms with Gasteiger partial charge in [0.15, 0.2) is 0 Å². The molecule has 0 spiro atoms. The predicted octanol–water partition coefficient (Wildman–Crippen LogP) is 0.552. The summed E-state index contributed by atoms with van der Waals surface area (Å²) in [5, 5.41) is 12.9. The van der Waals surface area contributed by atoms with Gasteiger partial charge in [-0.1, -0.05) is 0 Å². The van der Waals surface area contributed by atoms with Gasteiger partial charge >= 0.3 is 0 Å². The molecule has 102 valence electrons. The quantitative estimate of drug-likeness (QED) is 0.638. The highest BCUT2D eigenvalue weighted by molar-refractivity contribution is 5.97. The van der Waals surface area contributed by atoms with Crippen molar-refractivity contribution < 1.29 is 18.9 Å². The SMILES string of the molecule is CNC(=O)CN(C)C(=O)c1cc([N+](=O)[O-])ccc1F. The average Bonchev–Trinajstić information content (AvgIpc) is 2.37. The van der Waals surface area contributed by atoms with Crippen molar-refractivity contribution in [3.63, 3.8) is 0 Å². The maximum absolute atomic E-state index is 13.5. The fourth-order valence-electron chi connectivity index (χ4n) is 1.36. The molecular weight excluding hydrogens is 257 g/mol. The molecule has 0 saturated carbocycles. The fourth-order valence-corrected chi connectivity index (χ4v) is 1.36. The molecule has 0 aromatic heterocycles. The minimum absolute atomic E-state index is 0.266. The van der Waals surface area contributed by atoms with E-state index >= 15 is 0 Å². The van der Waals surface area contributed by atoms with Gasteiger partial charge in [0.25, 0.3) is 11.6 Å². The van der Waals surface area contributed by atoms with Crippen molar-refractivity contribution in [2.45, 2.75) is 0 Å². The van der Waals surface area contributed by atoms with Crippen LogP contribution in [0.4, 0.5) is 10.1 Å². The Labute approximate surface area is 108 Å². The molecule has 19 heavy (non-hydrogen) atoms. The third-order valence-electron chi connectivity index (χ3n) is 2.40. The van der Waals surface area contributed by atoms with E-state index in [9.17, 15) is 24.1 Å². The number of nitro benzene ring substituents is 1. The number of nitro groups is 1. The lowest BCUT2D eigenvalue weighted by Gasteiger charge is -2.16. The van der Waals surface area contributed by atoms with Crippen LogP contribution in [0.25, 0.3) is 0 Å². The molecule has 0 aliphatic rings. The monoisotopic (exact) mass is 269 g/mol. The van der Waals surface area contributed by atoms with Crippen molar-refractivity contribution >= 4 is 17.5 Å². The number of carbonyl (C=O) groups is 2. The summed E-state index contributed by atoms with van der Waals surface area (Å²) in [6, 6.07) is 2.65. The first kappa shape index (κ1) is 14.6. The van der Waals surface area contributed by atoms with E-state index in [4.69, 9.17) is 0 Å². The van der Waals surface area contributed by atoms with Gasteiger partial charge in [-0.3, -0.25) is 19.7 Å². The summed E-state index contributed by atoms with van der Waals surface area (Å²) >= 11 is 0. The lowest BCUT2D eigenvalue weighted by molar-refractivity contribution is -0.384. The average molecular weight is 269 g/mol. The Morgan fingerprint density at radius 2 is 2.11 bits per heavy atom. The van der Waals surface area contributed by atoms with E-state index in [-0.39, 0.29) is 6.54 Å². The van der Waals surface area contributed by atoms with Crippen LogP contribution in [0.5, 0.6) is 0 Å². The maximum atomic E-state index is 13.5. The van der Waals surface area contributed by atoms with Gasteiger partial charge in [-0.25, -0.2) is 4.39 Å². The zero-order valence-electron chi connectivity index (χ0n) is 10.3. The molecule has 1 rings (SSSR count). The molecule has 0 unspecified atom stereocenters. The molecule has 0 heterocycles. The molecule has 2 amide bonds. The summed E-state index contributed by atoms with van der Waals surface area (Å²) < 4.78 is 13.5. The van der Waals surface area contributed by atoms with Gasteiger partial charge in [0, 0.05) is 26.2 Å². The molecular formula is C11H12FN3O4. The molecule has 0 aliphatic carbocycles. The topological polar surface area (TPSA) is 92.6 Å². The molecule has 1 aromatic rings. The second-order valence-electron chi connectivity index (χ2n) is 3.76. The number of amides is 2. The minimum atomic E-state index is -0.876. The molecule has 7 nitrogen and oxygen atoms in total. The van der Waals surface area contributed by atoms with E-state index in [2.05, 4.69) is 5.32 Å². The first-order valence-electron chi connectivity index (χ1n) is 5.26. The molecule has 0 atom stereocenters. The van der Waals surface area contributed by atoms with Crippen LogP contribution >= 0.6 is 0 Å². The van der Waals surface area contributed by atoms with Gasteiger partial charge in [0.05, 0.1) is 17.0 Å². The molecule has 0 radical (unpaired) electrons. The molecule has 1 N–H and O–H groups in total. The molecule has 0 bridgehead atoms. The highest BCUT2D eigenvalue weighted by atomic mass is 19.1. The summed E-state index contributed by atoms with van der Waals surface area (Å²) in [7, 11) is 2.70. The van der Waals surface area contributed by atoms with Crippen LogP contribution in [0, 0.1) is 15.9 Å². The maximum Gasteiger partial charge on any atom is 0.270 e. The van der Waals surface area contributed by atoms with Crippen molar-refractivity contribution in [3.05, 3.63) is 39.7 Å². The number of hydrogen-bond donors (Lipinski definition) is 1. The van der Waals surface area contributed by atoms with Crippen LogP contribution in [0.15, 0.2) is 18.2 Å². The van der Waals surface area contributed by atoms with Crippen LogP contribution in [0.1, 0.15) is 10.4 Å². The summed E-state index contributed by atoms with van der Waals surface area (Å²) in [6.45, 7) is -0.266. The number of rotatable bonds is 4. The molecule has 0 aliphatic heterocycles. The van der Waals surface area contributed by atoms with Gasteiger partial charge in [-0.05, 0) is 6.07 Å². The van der Waals surface area contributed by atoms with Gasteiger partial charge in [-0.2, -0.15) is 0 Å². The Balaban J connectivity index is 3.01. The second kappa shape index (κ2) is 5.89. The summed E-state index contributed by atoms with van der Waals surface area (Å²) in [5.74, 6) is -2.11. The Kier molecular flexibility index (Phi) is 4.51. The van der Waals surface area contributed by atoms with Crippen LogP contribution in [-0.2, 0) is 4.79 Å². The lowest BCUT2D eigenvalue weighted by atomic mass is 10.1. The van der Waals surface area contributed by atoms with E-state index < -0.39 is 33.8 Å². The minimum Gasteiger partial charge on any atom is -0.358 e. The van der Waals surface area contributed by atoms with Gasteiger partial charge in [0.2, 0.25) is 5.91 Å². The zero-order chi connectivity index (χ0) is 14.6. The first-order valence-corrected chi connectivity index (χ1v) is 5.26. The number of nitrogens with zero attached hydrogens (tertiary/aromatic N) is 2. The van der Waals surface area contributed by atoms with E-state index in [1.54, 1.807) is 0 Å². The summed E-state index contributed by atoms with van der Waals surface area (Å²) in [6.07, 6.45) is 0. The molecule has 0 saturated heterocycles. The highest BCUT2D eigenvalue weighted by Crippen LogP contribution is 2.18. The van der Waals surface area contributed by atoms with Crippen LogP contribution < -0.4 is 5.32 Å². The first-order chi connectivity index (χ1) is 8.86. The van der Waals surface area contributed by atoms with Crippen molar-refractivity contribution in [2.24, 2.45) is 0 Å². The van der Waals surface area contributed by atoms with E-state index in [0.29, 0.717) is 0 Å². The van der Waals surface area contributed by atoms with Gasteiger partial charge in [0.1, 0.15) is 5.82 Å². The lowest BCUT2D eigenvalue weighted by Crippen LogP contribution is -2.37. The molecule has 8 heteroatoms.